The molecule has 1 saturated carbocycles. The molecule has 4 heteroatoms. The molecule has 23 heavy (non-hydrogen) atoms. The van der Waals surface area contributed by atoms with Crippen molar-refractivity contribution < 1.29 is 14.3 Å². The summed E-state index contributed by atoms with van der Waals surface area (Å²) in [7, 11) is 0. The Bertz CT molecular complexity index is 635. The number of nitrogens with zero attached hydrogens (tertiary/aromatic N) is 1. The summed E-state index contributed by atoms with van der Waals surface area (Å²) in [6.07, 6.45) is 6.64. The predicted molar refractivity (Wildman–Crippen MR) is 87.4 cm³/mol. The fourth-order valence-electron chi connectivity index (χ4n) is 2.28. The van der Waals surface area contributed by atoms with Crippen LogP contribution >= 0.6 is 0 Å². The van der Waals surface area contributed by atoms with E-state index in [1.165, 1.54) is 12.8 Å². The van der Waals surface area contributed by atoms with Crippen LogP contribution in [0.1, 0.15) is 25.3 Å². The maximum atomic E-state index is 12.2. The molecule has 1 unspecified atom stereocenters. The minimum atomic E-state index is -0.228. The number of rotatable bonds is 7. The Labute approximate surface area is 136 Å². The zero-order chi connectivity index (χ0) is 16.1. The number of carbonyl (C=O) groups excluding carboxylic acids is 1. The van der Waals surface area contributed by atoms with E-state index < -0.39 is 0 Å². The summed E-state index contributed by atoms with van der Waals surface area (Å²) >= 11 is 0. The predicted octanol–water partition coefficient (Wildman–Crippen LogP) is 3.65. The molecule has 1 atom stereocenters. The van der Waals surface area contributed by atoms with Crippen LogP contribution in [0.25, 0.3) is 0 Å². The molecule has 1 fully saturated rings. The summed E-state index contributed by atoms with van der Waals surface area (Å²) < 4.78 is 11.1. The van der Waals surface area contributed by atoms with Crippen LogP contribution in [0.15, 0.2) is 48.8 Å². The first-order valence-corrected chi connectivity index (χ1v) is 8.04. The van der Waals surface area contributed by atoms with Crippen LogP contribution in [-0.2, 0) is 11.2 Å². The number of carbonyl (C=O) groups is 1. The lowest BCUT2D eigenvalue weighted by Gasteiger charge is -2.12. The SMILES string of the molecule is CC(Cc1ccncc1)C(=O)Oc1ccc(OCC2CC2)cc1. The highest BCUT2D eigenvalue weighted by Crippen LogP contribution is 2.30. The van der Waals surface area contributed by atoms with E-state index in [1.54, 1.807) is 24.5 Å². The van der Waals surface area contributed by atoms with Crippen LogP contribution in [0.2, 0.25) is 0 Å². The molecular formula is C19H21NO3. The van der Waals surface area contributed by atoms with Gasteiger partial charge in [-0.25, -0.2) is 0 Å². The number of benzene rings is 1. The second kappa shape index (κ2) is 7.27. The second-order valence-corrected chi connectivity index (χ2v) is 6.11. The van der Waals surface area contributed by atoms with Gasteiger partial charge >= 0.3 is 5.97 Å². The van der Waals surface area contributed by atoms with Crippen LogP contribution in [-0.4, -0.2) is 17.6 Å². The van der Waals surface area contributed by atoms with Crippen LogP contribution in [0.3, 0.4) is 0 Å². The number of pyridine rings is 1. The molecule has 1 aliphatic carbocycles. The molecule has 0 amide bonds. The van der Waals surface area contributed by atoms with Crippen LogP contribution < -0.4 is 9.47 Å². The number of aromatic nitrogens is 1. The molecule has 1 aromatic heterocycles. The van der Waals surface area contributed by atoms with E-state index in [1.807, 2.05) is 31.2 Å². The fourth-order valence-corrected chi connectivity index (χ4v) is 2.28. The molecule has 0 aliphatic heterocycles. The summed E-state index contributed by atoms with van der Waals surface area (Å²) in [6, 6.07) is 11.1. The molecule has 0 N–H and O–H groups in total. The topological polar surface area (TPSA) is 48.4 Å². The molecule has 0 spiro atoms. The van der Waals surface area contributed by atoms with Gasteiger partial charge in [-0.1, -0.05) is 6.92 Å². The minimum absolute atomic E-state index is 0.205. The maximum Gasteiger partial charge on any atom is 0.314 e. The van der Waals surface area contributed by atoms with Gasteiger partial charge in [-0.2, -0.15) is 0 Å². The van der Waals surface area contributed by atoms with Gasteiger partial charge in [-0.3, -0.25) is 9.78 Å². The monoisotopic (exact) mass is 311 g/mol. The molecule has 1 aliphatic rings. The third-order valence-electron chi connectivity index (χ3n) is 3.92. The molecule has 3 rings (SSSR count). The van der Waals surface area contributed by atoms with Gasteiger partial charge in [-0.15, -0.1) is 0 Å². The fraction of sp³-hybridized carbons (Fsp3) is 0.368. The third kappa shape index (κ3) is 4.81. The Morgan fingerprint density at radius 2 is 1.78 bits per heavy atom. The highest BCUT2D eigenvalue weighted by atomic mass is 16.5. The Hall–Kier alpha value is -2.36. The zero-order valence-electron chi connectivity index (χ0n) is 13.3. The van der Waals surface area contributed by atoms with Crippen molar-refractivity contribution in [2.24, 2.45) is 11.8 Å². The van der Waals surface area contributed by atoms with Crippen molar-refractivity contribution in [1.29, 1.82) is 0 Å². The van der Waals surface area contributed by atoms with E-state index in [2.05, 4.69) is 4.98 Å². The molecule has 0 radical (unpaired) electrons. The van der Waals surface area contributed by atoms with Gasteiger partial charge in [0.1, 0.15) is 11.5 Å². The summed E-state index contributed by atoms with van der Waals surface area (Å²) in [5.41, 5.74) is 1.08. The second-order valence-electron chi connectivity index (χ2n) is 6.11. The van der Waals surface area contributed by atoms with Gasteiger partial charge < -0.3 is 9.47 Å². The first-order valence-electron chi connectivity index (χ1n) is 8.04. The van der Waals surface area contributed by atoms with E-state index in [0.717, 1.165) is 23.8 Å². The highest BCUT2D eigenvalue weighted by Gasteiger charge is 2.22. The van der Waals surface area contributed by atoms with Crippen molar-refractivity contribution >= 4 is 5.97 Å². The Kier molecular flexibility index (Phi) is 4.91. The van der Waals surface area contributed by atoms with Crippen LogP contribution in [0, 0.1) is 11.8 Å². The average molecular weight is 311 g/mol. The van der Waals surface area contributed by atoms with Crippen molar-refractivity contribution in [3.8, 4) is 11.5 Å². The minimum Gasteiger partial charge on any atom is -0.493 e. The van der Waals surface area contributed by atoms with Gasteiger partial charge in [0.15, 0.2) is 0 Å². The molecular weight excluding hydrogens is 290 g/mol. The van der Waals surface area contributed by atoms with E-state index in [0.29, 0.717) is 12.2 Å². The Morgan fingerprint density at radius 1 is 1.13 bits per heavy atom. The third-order valence-corrected chi connectivity index (χ3v) is 3.92. The maximum absolute atomic E-state index is 12.2. The van der Waals surface area contributed by atoms with Crippen molar-refractivity contribution in [3.63, 3.8) is 0 Å². The van der Waals surface area contributed by atoms with E-state index in [9.17, 15) is 4.79 Å². The Balaban J connectivity index is 1.50. The molecule has 1 heterocycles. The van der Waals surface area contributed by atoms with Gasteiger partial charge in [0.25, 0.3) is 0 Å². The van der Waals surface area contributed by atoms with Crippen molar-refractivity contribution in [2.45, 2.75) is 26.2 Å². The number of hydrogen-bond acceptors (Lipinski definition) is 4. The first-order chi connectivity index (χ1) is 11.2. The molecule has 4 nitrogen and oxygen atoms in total. The smallest absolute Gasteiger partial charge is 0.314 e. The summed E-state index contributed by atoms with van der Waals surface area (Å²) in [6.45, 7) is 2.65. The number of ether oxygens (including phenoxy) is 2. The van der Waals surface area contributed by atoms with Crippen LogP contribution in [0.4, 0.5) is 0 Å². The molecule has 0 saturated heterocycles. The first kappa shape index (κ1) is 15.5. The molecule has 2 aromatic rings. The van der Waals surface area contributed by atoms with Crippen LogP contribution in [0.5, 0.6) is 11.5 Å². The zero-order valence-corrected chi connectivity index (χ0v) is 13.3. The number of hydrogen-bond donors (Lipinski definition) is 0. The average Bonchev–Trinajstić information content (AvgIpc) is 3.39. The van der Waals surface area contributed by atoms with Gasteiger partial charge in [0.05, 0.1) is 12.5 Å². The number of esters is 1. The van der Waals surface area contributed by atoms with Gasteiger partial charge in [0, 0.05) is 12.4 Å². The standard InChI is InChI=1S/C19H21NO3/c1-14(12-15-8-10-20-11-9-15)19(21)23-18-6-4-17(5-7-18)22-13-16-2-3-16/h4-11,14,16H,2-3,12-13H2,1H3. The van der Waals surface area contributed by atoms with E-state index >= 15 is 0 Å². The quantitative estimate of drug-likeness (QED) is 0.578. The van der Waals surface area contributed by atoms with Gasteiger partial charge in [0.2, 0.25) is 0 Å². The molecule has 1 aromatic carbocycles. The molecule has 120 valence electrons. The highest BCUT2D eigenvalue weighted by molar-refractivity contribution is 5.75. The lowest BCUT2D eigenvalue weighted by molar-refractivity contribution is -0.138. The Morgan fingerprint density at radius 3 is 2.43 bits per heavy atom. The van der Waals surface area contributed by atoms with E-state index in [4.69, 9.17) is 9.47 Å². The largest absolute Gasteiger partial charge is 0.493 e. The van der Waals surface area contributed by atoms with Crippen molar-refractivity contribution in [1.82, 2.24) is 4.98 Å². The lowest BCUT2D eigenvalue weighted by atomic mass is 10.0. The van der Waals surface area contributed by atoms with Gasteiger partial charge in [-0.05, 0) is 67.1 Å². The van der Waals surface area contributed by atoms with Crippen molar-refractivity contribution in [2.75, 3.05) is 6.61 Å². The molecule has 0 bridgehead atoms. The normalized spacial score (nSPS) is 15.0. The van der Waals surface area contributed by atoms with Crippen molar-refractivity contribution in [3.05, 3.63) is 54.4 Å². The van der Waals surface area contributed by atoms with E-state index in [-0.39, 0.29) is 11.9 Å². The summed E-state index contributed by atoms with van der Waals surface area (Å²) in [5, 5.41) is 0. The lowest BCUT2D eigenvalue weighted by Crippen LogP contribution is -2.19. The summed E-state index contributed by atoms with van der Waals surface area (Å²) in [4.78, 5) is 16.1. The summed E-state index contributed by atoms with van der Waals surface area (Å²) in [5.74, 6) is 1.66.